The molecule has 1 amide bonds. The van der Waals surface area contributed by atoms with Gasteiger partial charge in [0.2, 0.25) is 5.91 Å². The highest BCUT2D eigenvalue weighted by molar-refractivity contribution is 6.31. The van der Waals surface area contributed by atoms with Crippen LogP contribution in [0.2, 0.25) is 5.02 Å². The molecule has 0 spiro atoms. The maximum absolute atomic E-state index is 12.3. The summed E-state index contributed by atoms with van der Waals surface area (Å²) >= 11 is 6.43. The van der Waals surface area contributed by atoms with Crippen LogP contribution in [0.3, 0.4) is 0 Å². The van der Waals surface area contributed by atoms with Gasteiger partial charge in [0.15, 0.2) is 0 Å². The average molecular weight is 337 g/mol. The molecule has 4 nitrogen and oxygen atoms in total. The van der Waals surface area contributed by atoms with Gasteiger partial charge < -0.3 is 10.1 Å². The summed E-state index contributed by atoms with van der Waals surface area (Å²) in [5.41, 5.74) is 1.01. The lowest BCUT2D eigenvalue weighted by atomic mass is 9.74. The highest BCUT2D eigenvalue weighted by Gasteiger charge is 2.36. The van der Waals surface area contributed by atoms with Crippen molar-refractivity contribution in [2.75, 3.05) is 33.4 Å². The Bertz CT molecular complexity index is 554. The minimum atomic E-state index is -0.121. The van der Waals surface area contributed by atoms with Crippen molar-refractivity contribution in [1.82, 2.24) is 10.2 Å². The van der Waals surface area contributed by atoms with Crippen molar-refractivity contribution in [2.24, 2.45) is 0 Å². The zero-order valence-electron chi connectivity index (χ0n) is 13.7. The molecule has 1 aliphatic carbocycles. The summed E-state index contributed by atoms with van der Waals surface area (Å²) in [5.74, 6) is 0.0947. The molecule has 126 valence electrons. The van der Waals surface area contributed by atoms with Gasteiger partial charge in [0.05, 0.1) is 6.54 Å². The van der Waals surface area contributed by atoms with Crippen LogP contribution in [0.5, 0.6) is 0 Å². The smallest absolute Gasteiger partial charge is 0.234 e. The molecule has 0 aromatic heterocycles. The van der Waals surface area contributed by atoms with E-state index in [9.17, 15) is 4.79 Å². The summed E-state index contributed by atoms with van der Waals surface area (Å²) in [6.45, 7) is 2.52. The van der Waals surface area contributed by atoms with Gasteiger partial charge in [-0.1, -0.05) is 29.8 Å². The zero-order chi connectivity index (χ0) is 16.3. The Morgan fingerprint density at radius 1 is 1.35 bits per heavy atom. The van der Waals surface area contributed by atoms with E-state index < -0.39 is 0 Å². The van der Waals surface area contributed by atoms with Gasteiger partial charge in [0.25, 0.3) is 0 Å². The van der Waals surface area contributed by atoms with Crippen molar-refractivity contribution >= 4 is 17.5 Å². The van der Waals surface area contributed by atoms with Gasteiger partial charge in [0.1, 0.15) is 0 Å². The molecule has 0 atom stereocenters. The lowest BCUT2D eigenvalue weighted by Gasteiger charge is -2.38. The van der Waals surface area contributed by atoms with Gasteiger partial charge in [-0.05, 0) is 44.4 Å². The number of rotatable bonds is 6. The number of carbonyl (C=O) groups excluding carboxylic acids is 1. The van der Waals surface area contributed by atoms with E-state index in [1.54, 1.807) is 0 Å². The minimum absolute atomic E-state index is 0.0947. The Morgan fingerprint density at radius 2 is 2.04 bits per heavy atom. The number of carbonyl (C=O) groups is 1. The topological polar surface area (TPSA) is 41.6 Å². The summed E-state index contributed by atoms with van der Waals surface area (Å²) in [6.07, 6.45) is 4.19. The number of halogens is 1. The van der Waals surface area contributed by atoms with Crippen LogP contribution in [0, 0.1) is 0 Å². The van der Waals surface area contributed by atoms with Gasteiger partial charge in [-0.25, -0.2) is 0 Å². The highest BCUT2D eigenvalue weighted by atomic mass is 35.5. The van der Waals surface area contributed by atoms with Crippen LogP contribution >= 0.6 is 11.6 Å². The monoisotopic (exact) mass is 336 g/mol. The van der Waals surface area contributed by atoms with Gasteiger partial charge in [0, 0.05) is 36.2 Å². The Labute approximate surface area is 143 Å². The number of benzene rings is 1. The fraction of sp³-hybridized carbons (Fsp3) is 0.611. The number of amides is 1. The largest absolute Gasteiger partial charge is 0.381 e. The number of likely N-dealkylation sites (N-methyl/N-ethyl adjacent to an activating group) is 1. The lowest BCUT2D eigenvalue weighted by Crippen LogP contribution is -2.47. The molecule has 1 aliphatic heterocycles. The van der Waals surface area contributed by atoms with E-state index in [1.165, 1.54) is 12.8 Å². The molecule has 1 N–H and O–H groups in total. The number of nitrogens with one attached hydrogen (secondary N) is 1. The standard InChI is InChI=1S/C18H25ClN2O2/c1-21(14-6-7-14)12-17(22)20-13-18(8-10-23-11-9-18)15-4-2-3-5-16(15)19/h2-5,14H,6-13H2,1H3,(H,20,22). The maximum atomic E-state index is 12.3. The van der Waals surface area contributed by atoms with Crippen LogP contribution in [-0.2, 0) is 14.9 Å². The Balaban J connectivity index is 1.67. The van der Waals surface area contributed by atoms with E-state index in [1.807, 2.05) is 25.2 Å². The minimum Gasteiger partial charge on any atom is -0.381 e. The van der Waals surface area contributed by atoms with Crippen LogP contribution in [0.4, 0.5) is 0 Å². The van der Waals surface area contributed by atoms with Gasteiger partial charge in [-0.2, -0.15) is 0 Å². The van der Waals surface area contributed by atoms with E-state index in [0.29, 0.717) is 32.3 Å². The van der Waals surface area contributed by atoms with E-state index >= 15 is 0 Å². The highest BCUT2D eigenvalue weighted by Crippen LogP contribution is 2.38. The number of ether oxygens (including phenoxy) is 1. The quantitative estimate of drug-likeness (QED) is 0.868. The molecule has 0 radical (unpaired) electrons. The summed E-state index contributed by atoms with van der Waals surface area (Å²) in [7, 11) is 2.02. The first-order valence-electron chi connectivity index (χ1n) is 8.40. The molecule has 1 saturated heterocycles. The van der Waals surface area contributed by atoms with E-state index in [4.69, 9.17) is 16.3 Å². The van der Waals surface area contributed by atoms with Crippen molar-refractivity contribution in [1.29, 1.82) is 0 Å². The Kier molecular flexibility index (Phi) is 5.24. The van der Waals surface area contributed by atoms with Crippen LogP contribution < -0.4 is 5.32 Å². The second-order valence-corrected chi connectivity index (χ2v) is 7.20. The SMILES string of the molecule is CN(CC(=O)NCC1(c2ccccc2Cl)CCOCC1)C1CC1. The molecule has 1 saturated carbocycles. The van der Waals surface area contributed by atoms with Crippen molar-refractivity contribution in [3.05, 3.63) is 34.9 Å². The lowest BCUT2D eigenvalue weighted by molar-refractivity contribution is -0.122. The third kappa shape index (κ3) is 4.06. The molecular weight excluding hydrogens is 312 g/mol. The fourth-order valence-electron chi connectivity index (χ4n) is 3.39. The first-order chi connectivity index (χ1) is 11.1. The summed E-state index contributed by atoms with van der Waals surface area (Å²) in [4.78, 5) is 14.4. The molecule has 0 unspecified atom stereocenters. The van der Waals surface area contributed by atoms with Crippen LogP contribution in [0.1, 0.15) is 31.2 Å². The van der Waals surface area contributed by atoms with E-state index in [2.05, 4.69) is 16.3 Å². The predicted octanol–water partition coefficient (Wildman–Crippen LogP) is 2.60. The maximum Gasteiger partial charge on any atom is 0.234 e. The molecular formula is C18H25ClN2O2. The molecule has 1 aromatic carbocycles. The Morgan fingerprint density at radius 3 is 2.70 bits per heavy atom. The summed E-state index contributed by atoms with van der Waals surface area (Å²) in [5, 5.41) is 3.91. The number of hydrogen-bond acceptors (Lipinski definition) is 3. The molecule has 2 aliphatic rings. The molecule has 1 heterocycles. The molecule has 23 heavy (non-hydrogen) atoms. The number of hydrogen-bond donors (Lipinski definition) is 1. The molecule has 0 bridgehead atoms. The van der Waals surface area contributed by atoms with Crippen LogP contribution in [0.25, 0.3) is 0 Å². The van der Waals surface area contributed by atoms with E-state index in [0.717, 1.165) is 23.4 Å². The first-order valence-corrected chi connectivity index (χ1v) is 8.78. The summed E-state index contributed by atoms with van der Waals surface area (Å²) in [6, 6.07) is 8.57. The van der Waals surface area contributed by atoms with Crippen molar-refractivity contribution in [3.8, 4) is 0 Å². The van der Waals surface area contributed by atoms with Gasteiger partial charge >= 0.3 is 0 Å². The molecule has 3 rings (SSSR count). The normalized spacial score (nSPS) is 20.5. The van der Waals surface area contributed by atoms with Crippen molar-refractivity contribution in [2.45, 2.75) is 37.1 Å². The number of nitrogens with zero attached hydrogens (tertiary/aromatic N) is 1. The fourth-order valence-corrected chi connectivity index (χ4v) is 3.73. The molecule has 2 fully saturated rings. The van der Waals surface area contributed by atoms with E-state index in [-0.39, 0.29) is 11.3 Å². The predicted molar refractivity (Wildman–Crippen MR) is 91.8 cm³/mol. The average Bonchev–Trinajstić information content (AvgIpc) is 3.39. The van der Waals surface area contributed by atoms with Gasteiger partial charge in [-0.3, -0.25) is 9.69 Å². The summed E-state index contributed by atoms with van der Waals surface area (Å²) < 4.78 is 5.53. The van der Waals surface area contributed by atoms with Crippen LogP contribution in [-0.4, -0.2) is 50.2 Å². The van der Waals surface area contributed by atoms with Crippen molar-refractivity contribution < 1.29 is 9.53 Å². The second kappa shape index (κ2) is 7.20. The van der Waals surface area contributed by atoms with Crippen molar-refractivity contribution in [3.63, 3.8) is 0 Å². The third-order valence-electron chi connectivity index (χ3n) is 5.08. The first kappa shape index (κ1) is 16.7. The third-order valence-corrected chi connectivity index (χ3v) is 5.41. The zero-order valence-corrected chi connectivity index (χ0v) is 14.4. The molecule has 1 aromatic rings. The molecule has 5 heteroatoms. The van der Waals surface area contributed by atoms with Crippen LogP contribution in [0.15, 0.2) is 24.3 Å². The second-order valence-electron chi connectivity index (χ2n) is 6.80. The Hall–Kier alpha value is -1.10. The van der Waals surface area contributed by atoms with Gasteiger partial charge in [-0.15, -0.1) is 0 Å².